The third-order valence-corrected chi connectivity index (χ3v) is 4.22. The van der Waals surface area contributed by atoms with Crippen LogP contribution in [0.2, 0.25) is 5.02 Å². The van der Waals surface area contributed by atoms with Crippen LogP contribution < -0.4 is 10.2 Å². The van der Waals surface area contributed by atoms with Crippen LogP contribution in [0.1, 0.15) is 38.7 Å². The highest BCUT2D eigenvalue weighted by atomic mass is 35.5. The zero-order valence-corrected chi connectivity index (χ0v) is 13.0. The predicted octanol–water partition coefficient (Wildman–Crippen LogP) is 4.07. The molecule has 0 aromatic heterocycles. The van der Waals surface area contributed by atoms with Gasteiger partial charge in [-0.15, -0.1) is 0 Å². The van der Waals surface area contributed by atoms with E-state index >= 15 is 0 Å². The van der Waals surface area contributed by atoms with Gasteiger partial charge in [0.15, 0.2) is 0 Å². The smallest absolute Gasteiger partial charge is 0.0642 e. The lowest BCUT2D eigenvalue weighted by atomic mass is 9.91. The number of hydrogen-bond donors (Lipinski definition) is 1. The van der Waals surface area contributed by atoms with Crippen LogP contribution >= 0.6 is 11.6 Å². The molecule has 1 aromatic carbocycles. The standard InChI is InChI=1S/C16H25ClN2/c1-12(2)10-18-11-13-6-4-9-15(17)16(13)19(3)14-7-5-8-14/h4,6,9,12,14,18H,5,7-8,10-11H2,1-3H3. The molecule has 106 valence electrons. The number of hydrogen-bond acceptors (Lipinski definition) is 2. The van der Waals surface area contributed by atoms with Crippen molar-refractivity contribution < 1.29 is 0 Å². The maximum Gasteiger partial charge on any atom is 0.0642 e. The summed E-state index contributed by atoms with van der Waals surface area (Å²) < 4.78 is 0. The SMILES string of the molecule is CC(C)CNCc1cccc(Cl)c1N(C)C1CCC1. The summed E-state index contributed by atoms with van der Waals surface area (Å²) in [6.07, 6.45) is 3.93. The monoisotopic (exact) mass is 280 g/mol. The summed E-state index contributed by atoms with van der Waals surface area (Å²) >= 11 is 6.42. The summed E-state index contributed by atoms with van der Waals surface area (Å²) in [4.78, 5) is 2.37. The average molecular weight is 281 g/mol. The molecule has 0 heterocycles. The molecule has 0 spiro atoms. The third kappa shape index (κ3) is 3.64. The fourth-order valence-corrected chi connectivity index (χ4v) is 2.88. The van der Waals surface area contributed by atoms with Crippen molar-refractivity contribution in [2.75, 3.05) is 18.5 Å². The molecule has 3 heteroatoms. The Morgan fingerprint density at radius 2 is 2.11 bits per heavy atom. The summed E-state index contributed by atoms with van der Waals surface area (Å²) in [5.74, 6) is 0.673. The van der Waals surface area contributed by atoms with Gasteiger partial charge in [-0.05, 0) is 43.4 Å². The molecule has 0 unspecified atom stereocenters. The van der Waals surface area contributed by atoms with Gasteiger partial charge in [-0.1, -0.05) is 37.6 Å². The van der Waals surface area contributed by atoms with Crippen LogP contribution in [-0.2, 0) is 6.54 Å². The van der Waals surface area contributed by atoms with Gasteiger partial charge in [0.05, 0.1) is 10.7 Å². The topological polar surface area (TPSA) is 15.3 Å². The van der Waals surface area contributed by atoms with Crippen LogP contribution in [-0.4, -0.2) is 19.6 Å². The summed E-state index contributed by atoms with van der Waals surface area (Å²) in [6, 6.07) is 6.90. The molecule has 1 aliphatic rings. The van der Waals surface area contributed by atoms with Crippen LogP contribution in [0.15, 0.2) is 18.2 Å². The van der Waals surface area contributed by atoms with Crippen molar-refractivity contribution in [1.82, 2.24) is 5.32 Å². The van der Waals surface area contributed by atoms with Crippen molar-refractivity contribution in [2.45, 2.75) is 45.7 Å². The molecule has 1 fully saturated rings. The summed E-state index contributed by atoms with van der Waals surface area (Å²) in [5, 5.41) is 4.39. The lowest BCUT2D eigenvalue weighted by molar-refractivity contribution is 0.400. The van der Waals surface area contributed by atoms with Gasteiger partial charge >= 0.3 is 0 Å². The Morgan fingerprint density at radius 3 is 2.68 bits per heavy atom. The first-order chi connectivity index (χ1) is 9.09. The van der Waals surface area contributed by atoms with Gasteiger partial charge < -0.3 is 10.2 Å². The second-order valence-corrected chi connectivity index (χ2v) is 6.38. The van der Waals surface area contributed by atoms with E-state index in [9.17, 15) is 0 Å². The van der Waals surface area contributed by atoms with Gasteiger partial charge in [0.2, 0.25) is 0 Å². The van der Waals surface area contributed by atoms with Gasteiger partial charge in [0.25, 0.3) is 0 Å². The summed E-state index contributed by atoms with van der Waals surface area (Å²) in [5.41, 5.74) is 2.52. The Morgan fingerprint density at radius 1 is 1.37 bits per heavy atom. The Kier molecular flexibility index (Phi) is 5.12. The molecule has 19 heavy (non-hydrogen) atoms. The van der Waals surface area contributed by atoms with Crippen LogP contribution in [0.5, 0.6) is 0 Å². The average Bonchev–Trinajstić information content (AvgIpc) is 2.26. The van der Waals surface area contributed by atoms with Crippen LogP contribution in [0, 0.1) is 5.92 Å². The minimum Gasteiger partial charge on any atom is -0.370 e. The molecule has 1 aromatic rings. The van der Waals surface area contributed by atoms with Crippen LogP contribution in [0.3, 0.4) is 0 Å². The minimum atomic E-state index is 0.670. The van der Waals surface area contributed by atoms with Crippen molar-refractivity contribution in [3.05, 3.63) is 28.8 Å². The lowest BCUT2D eigenvalue weighted by Crippen LogP contribution is -2.38. The number of rotatable bonds is 6. The Balaban J connectivity index is 2.10. The number of para-hydroxylation sites is 1. The second kappa shape index (κ2) is 6.62. The van der Waals surface area contributed by atoms with E-state index in [2.05, 4.69) is 37.2 Å². The second-order valence-electron chi connectivity index (χ2n) is 5.97. The van der Waals surface area contributed by atoms with Gasteiger partial charge in [0.1, 0.15) is 0 Å². The van der Waals surface area contributed by atoms with Gasteiger partial charge in [-0.3, -0.25) is 0 Å². The quantitative estimate of drug-likeness (QED) is 0.845. The van der Waals surface area contributed by atoms with E-state index in [-0.39, 0.29) is 0 Å². The molecule has 0 atom stereocenters. The molecule has 0 saturated heterocycles. The highest BCUT2D eigenvalue weighted by Gasteiger charge is 2.25. The fraction of sp³-hybridized carbons (Fsp3) is 0.625. The molecular formula is C16H25ClN2. The third-order valence-electron chi connectivity index (χ3n) is 3.91. The molecule has 0 aliphatic heterocycles. The Bertz CT molecular complexity index is 413. The van der Waals surface area contributed by atoms with E-state index in [1.165, 1.54) is 30.5 Å². The Hall–Kier alpha value is -0.730. The van der Waals surface area contributed by atoms with E-state index in [4.69, 9.17) is 11.6 Å². The number of anilines is 1. The maximum absolute atomic E-state index is 6.42. The van der Waals surface area contributed by atoms with Crippen molar-refractivity contribution in [1.29, 1.82) is 0 Å². The molecular weight excluding hydrogens is 256 g/mol. The van der Waals surface area contributed by atoms with E-state index in [0.717, 1.165) is 18.1 Å². The largest absolute Gasteiger partial charge is 0.370 e. The molecule has 1 saturated carbocycles. The highest BCUT2D eigenvalue weighted by Crippen LogP contribution is 2.35. The number of nitrogens with one attached hydrogen (secondary N) is 1. The first kappa shape index (κ1) is 14.7. The molecule has 0 bridgehead atoms. The zero-order valence-electron chi connectivity index (χ0n) is 12.2. The van der Waals surface area contributed by atoms with E-state index in [1.807, 2.05) is 12.1 Å². The van der Waals surface area contributed by atoms with Crippen LogP contribution in [0.4, 0.5) is 5.69 Å². The normalized spacial score (nSPS) is 15.6. The van der Waals surface area contributed by atoms with Crippen molar-refractivity contribution in [3.8, 4) is 0 Å². The molecule has 2 rings (SSSR count). The Labute approximate surface area is 122 Å². The van der Waals surface area contributed by atoms with E-state index in [0.29, 0.717) is 12.0 Å². The minimum absolute atomic E-state index is 0.670. The zero-order chi connectivity index (χ0) is 13.8. The van der Waals surface area contributed by atoms with Crippen molar-refractivity contribution >= 4 is 17.3 Å². The summed E-state index contributed by atoms with van der Waals surface area (Å²) in [6.45, 7) is 6.39. The van der Waals surface area contributed by atoms with Crippen molar-refractivity contribution in [2.24, 2.45) is 5.92 Å². The van der Waals surface area contributed by atoms with Crippen molar-refractivity contribution in [3.63, 3.8) is 0 Å². The van der Waals surface area contributed by atoms with Gasteiger partial charge in [-0.2, -0.15) is 0 Å². The van der Waals surface area contributed by atoms with E-state index < -0.39 is 0 Å². The molecule has 0 amide bonds. The van der Waals surface area contributed by atoms with Gasteiger partial charge in [-0.25, -0.2) is 0 Å². The van der Waals surface area contributed by atoms with E-state index in [1.54, 1.807) is 0 Å². The number of benzene rings is 1. The maximum atomic E-state index is 6.42. The lowest BCUT2D eigenvalue weighted by Gasteiger charge is -2.38. The first-order valence-electron chi connectivity index (χ1n) is 7.30. The first-order valence-corrected chi connectivity index (χ1v) is 7.68. The van der Waals surface area contributed by atoms with Crippen LogP contribution in [0.25, 0.3) is 0 Å². The van der Waals surface area contributed by atoms with Gasteiger partial charge in [0, 0.05) is 19.6 Å². The molecule has 0 radical (unpaired) electrons. The molecule has 2 nitrogen and oxygen atoms in total. The number of nitrogens with zero attached hydrogens (tertiary/aromatic N) is 1. The number of halogens is 1. The predicted molar refractivity (Wildman–Crippen MR) is 84.0 cm³/mol. The fourth-order valence-electron chi connectivity index (χ4n) is 2.55. The molecule has 1 aliphatic carbocycles. The molecule has 1 N–H and O–H groups in total. The highest BCUT2D eigenvalue weighted by molar-refractivity contribution is 6.33. The summed E-state index contributed by atoms with van der Waals surface area (Å²) in [7, 11) is 2.18.